The summed E-state index contributed by atoms with van der Waals surface area (Å²) in [5.74, 6) is -4.99. The van der Waals surface area contributed by atoms with Crippen LogP contribution in [0, 0.1) is 0 Å². The van der Waals surface area contributed by atoms with Gasteiger partial charge in [0.25, 0.3) is 11.8 Å². The van der Waals surface area contributed by atoms with Gasteiger partial charge in [-0.15, -0.1) is 0 Å². The summed E-state index contributed by atoms with van der Waals surface area (Å²) >= 11 is 0. The topological polar surface area (TPSA) is 114 Å². The van der Waals surface area contributed by atoms with Crippen molar-refractivity contribution in [1.82, 2.24) is 20.2 Å². The van der Waals surface area contributed by atoms with Gasteiger partial charge in [-0.05, 0) is 57.0 Å². The second-order valence-corrected chi connectivity index (χ2v) is 10.2. The number of nitrogens with one attached hydrogen (secondary N) is 2. The van der Waals surface area contributed by atoms with Crippen molar-refractivity contribution < 1.29 is 23.5 Å². The van der Waals surface area contributed by atoms with Crippen molar-refractivity contribution in [3.05, 3.63) is 30.0 Å². The lowest BCUT2D eigenvalue weighted by Crippen LogP contribution is -2.48. The van der Waals surface area contributed by atoms with Crippen LogP contribution in [0.15, 0.2) is 24.4 Å². The highest BCUT2D eigenvalue weighted by molar-refractivity contribution is 6.02. The molecule has 10 nitrogen and oxygen atoms in total. The van der Waals surface area contributed by atoms with Crippen LogP contribution in [0.4, 0.5) is 31.9 Å². The highest BCUT2D eigenvalue weighted by atomic mass is 19.3. The van der Waals surface area contributed by atoms with Crippen molar-refractivity contribution in [3.63, 3.8) is 0 Å². The van der Waals surface area contributed by atoms with Gasteiger partial charge in [0.05, 0.1) is 18.4 Å². The summed E-state index contributed by atoms with van der Waals surface area (Å²) in [6.45, 7) is 2.66. The van der Waals surface area contributed by atoms with Gasteiger partial charge >= 0.3 is 5.92 Å². The molecule has 0 unspecified atom stereocenters. The molecular formula is C26H33F2N7O3. The average molecular weight is 530 g/mol. The number of rotatable bonds is 7. The van der Waals surface area contributed by atoms with Crippen molar-refractivity contribution in [1.29, 1.82) is 0 Å². The maximum absolute atomic E-state index is 14.8. The highest BCUT2D eigenvalue weighted by Crippen LogP contribution is 2.40. The monoisotopic (exact) mass is 529 g/mol. The molecule has 204 valence electrons. The zero-order chi connectivity index (χ0) is 26.9. The predicted octanol–water partition coefficient (Wildman–Crippen LogP) is 3.11. The molecule has 2 aliphatic heterocycles. The van der Waals surface area contributed by atoms with Gasteiger partial charge < -0.3 is 30.4 Å². The smallest absolute Gasteiger partial charge is 0.342 e. The maximum Gasteiger partial charge on any atom is 0.342 e. The number of phenolic OH excluding ortho intramolecular Hbond substituents is 1. The molecule has 1 saturated carbocycles. The van der Waals surface area contributed by atoms with E-state index in [1.165, 1.54) is 43.1 Å². The second-order valence-electron chi connectivity index (χ2n) is 10.2. The number of aromatic nitrogens is 2. The molecule has 3 N–H and O–H groups in total. The summed E-state index contributed by atoms with van der Waals surface area (Å²) in [7, 11) is 1.30. The van der Waals surface area contributed by atoms with E-state index in [-0.39, 0.29) is 40.8 Å². The summed E-state index contributed by atoms with van der Waals surface area (Å²) in [5, 5.41) is 16.4. The number of carbonyl (C=O) groups is 2. The van der Waals surface area contributed by atoms with Gasteiger partial charge in [-0.1, -0.05) is 12.8 Å². The number of fused-ring (bicyclic) bond motifs is 1. The number of halogens is 2. The van der Waals surface area contributed by atoms with E-state index in [0.717, 1.165) is 50.2 Å². The first kappa shape index (κ1) is 26.1. The Morgan fingerprint density at radius 2 is 1.92 bits per heavy atom. The number of benzene rings is 1. The normalized spacial score (nSPS) is 19.9. The van der Waals surface area contributed by atoms with Crippen LogP contribution < -0.4 is 20.4 Å². The molecule has 2 amide bonds. The van der Waals surface area contributed by atoms with Crippen LogP contribution in [-0.2, 0) is 4.79 Å². The third-order valence-electron chi connectivity index (χ3n) is 7.55. The third kappa shape index (κ3) is 5.35. The molecule has 0 bridgehead atoms. The van der Waals surface area contributed by atoms with Gasteiger partial charge in [0.1, 0.15) is 11.4 Å². The second kappa shape index (κ2) is 10.7. The minimum Gasteiger partial charge on any atom is -0.506 e. The predicted molar refractivity (Wildman–Crippen MR) is 139 cm³/mol. The van der Waals surface area contributed by atoms with Crippen LogP contribution in [0.25, 0.3) is 0 Å². The molecule has 2 fully saturated rings. The number of hydrogen-bond acceptors (Lipinski definition) is 8. The number of anilines is 4. The first-order valence-electron chi connectivity index (χ1n) is 13.1. The first-order valence-corrected chi connectivity index (χ1v) is 13.1. The zero-order valence-electron chi connectivity index (χ0n) is 21.4. The number of nitrogens with zero attached hydrogens (tertiary/aromatic N) is 5. The fraction of sp³-hybridized carbons (Fsp3) is 0.538. The van der Waals surface area contributed by atoms with Crippen LogP contribution in [0.3, 0.4) is 0 Å². The fourth-order valence-corrected chi connectivity index (χ4v) is 5.44. The van der Waals surface area contributed by atoms with E-state index >= 15 is 0 Å². The quantitative estimate of drug-likeness (QED) is 0.469. The fourth-order valence-electron chi connectivity index (χ4n) is 5.44. The van der Waals surface area contributed by atoms with Crippen molar-refractivity contribution in [2.75, 3.05) is 54.9 Å². The lowest BCUT2D eigenvalue weighted by atomic mass is 10.1. The van der Waals surface area contributed by atoms with E-state index in [4.69, 9.17) is 0 Å². The highest BCUT2D eigenvalue weighted by Gasteiger charge is 2.48. The standard InChI is InChI=1S/C26H33F2N7O3/c1-33-20-15-30-25(32-22(20)35(18-6-2-3-7-18)16-26(27,28)24(33)38)31-19-9-8-17(14-21(19)36)23(37)29-10-13-34-11-4-5-12-34/h8-9,14-15,18,36H,2-7,10-13,16H2,1H3,(H,29,37)(H,30,31,32). The molecule has 1 aliphatic carbocycles. The molecule has 1 aromatic heterocycles. The van der Waals surface area contributed by atoms with Gasteiger partial charge in [-0.2, -0.15) is 13.8 Å². The summed E-state index contributed by atoms with van der Waals surface area (Å²) in [6, 6.07) is 4.32. The van der Waals surface area contributed by atoms with Crippen molar-refractivity contribution in [3.8, 4) is 5.75 Å². The Hall–Kier alpha value is -3.54. The number of phenols is 1. The molecule has 3 aliphatic rings. The first-order chi connectivity index (χ1) is 18.2. The minimum absolute atomic E-state index is 0.0796. The molecule has 3 heterocycles. The number of amides is 2. The molecule has 1 aromatic carbocycles. The minimum atomic E-state index is -3.56. The Morgan fingerprint density at radius 1 is 1.18 bits per heavy atom. The van der Waals surface area contributed by atoms with E-state index in [9.17, 15) is 23.5 Å². The number of carbonyl (C=O) groups excluding carboxylic acids is 2. The molecule has 2 aromatic rings. The van der Waals surface area contributed by atoms with Crippen molar-refractivity contribution >= 4 is 35.0 Å². The van der Waals surface area contributed by atoms with Crippen LogP contribution in [0.1, 0.15) is 48.9 Å². The van der Waals surface area contributed by atoms with E-state index in [0.29, 0.717) is 12.1 Å². The lowest BCUT2D eigenvalue weighted by molar-refractivity contribution is -0.140. The molecular weight excluding hydrogens is 496 g/mol. The average Bonchev–Trinajstić information content (AvgIpc) is 3.61. The van der Waals surface area contributed by atoms with E-state index in [1.54, 1.807) is 6.07 Å². The van der Waals surface area contributed by atoms with E-state index in [2.05, 4.69) is 25.5 Å². The Morgan fingerprint density at radius 3 is 2.63 bits per heavy atom. The molecule has 0 spiro atoms. The van der Waals surface area contributed by atoms with Crippen LogP contribution in [-0.4, -0.2) is 83.5 Å². The Bertz CT molecular complexity index is 1200. The largest absolute Gasteiger partial charge is 0.506 e. The van der Waals surface area contributed by atoms with Gasteiger partial charge in [0.2, 0.25) is 5.95 Å². The number of hydrogen-bond donors (Lipinski definition) is 3. The van der Waals surface area contributed by atoms with Gasteiger partial charge in [0, 0.05) is 31.7 Å². The third-order valence-corrected chi connectivity index (χ3v) is 7.55. The zero-order valence-corrected chi connectivity index (χ0v) is 21.4. The molecule has 0 radical (unpaired) electrons. The molecule has 1 saturated heterocycles. The SMILES string of the molecule is CN1C(=O)C(F)(F)CN(C2CCCC2)c2nc(Nc3ccc(C(=O)NCCN4CCCC4)cc3O)ncc21. The lowest BCUT2D eigenvalue weighted by Gasteiger charge is -2.31. The van der Waals surface area contributed by atoms with E-state index < -0.39 is 18.4 Å². The number of aromatic hydroxyl groups is 1. The van der Waals surface area contributed by atoms with Gasteiger partial charge in [-0.25, -0.2) is 4.98 Å². The number of likely N-dealkylation sites (tertiary alicyclic amines) is 1. The van der Waals surface area contributed by atoms with E-state index in [1.807, 2.05) is 0 Å². The van der Waals surface area contributed by atoms with Gasteiger partial charge in [-0.3, -0.25) is 9.59 Å². The molecule has 12 heteroatoms. The summed E-state index contributed by atoms with van der Waals surface area (Å²) in [4.78, 5) is 38.4. The Labute approximate surface area is 220 Å². The Kier molecular flexibility index (Phi) is 7.33. The molecule has 5 rings (SSSR count). The number of alkyl halides is 2. The van der Waals surface area contributed by atoms with Crippen LogP contribution in [0.2, 0.25) is 0 Å². The Balaban J connectivity index is 1.33. The molecule has 38 heavy (non-hydrogen) atoms. The maximum atomic E-state index is 14.8. The van der Waals surface area contributed by atoms with Crippen molar-refractivity contribution in [2.24, 2.45) is 0 Å². The van der Waals surface area contributed by atoms with Crippen LogP contribution >= 0.6 is 0 Å². The summed E-state index contributed by atoms with van der Waals surface area (Å²) in [5.41, 5.74) is 0.774. The summed E-state index contributed by atoms with van der Waals surface area (Å²) < 4.78 is 29.5. The van der Waals surface area contributed by atoms with Crippen LogP contribution in [0.5, 0.6) is 5.75 Å². The van der Waals surface area contributed by atoms with Crippen molar-refractivity contribution in [2.45, 2.75) is 50.5 Å². The van der Waals surface area contributed by atoms with Gasteiger partial charge in [0.15, 0.2) is 5.82 Å². The summed E-state index contributed by atoms with van der Waals surface area (Å²) in [6.07, 6.45) is 7.03. The molecule has 0 atom stereocenters.